The van der Waals surface area contributed by atoms with Gasteiger partial charge in [0.1, 0.15) is 0 Å². The van der Waals surface area contributed by atoms with Crippen molar-refractivity contribution < 1.29 is 9.53 Å². The maximum Gasteiger partial charge on any atom is 0.252 e. The van der Waals surface area contributed by atoms with Gasteiger partial charge < -0.3 is 19.9 Å². The molecule has 1 aliphatic heterocycles. The number of nitrogens with zero attached hydrogens (tertiary/aromatic N) is 1. The number of ether oxygens (including phenoxy) is 1. The predicted molar refractivity (Wildman–Crippen MR) is 103 cm³/mol. The highest BCUT2D eigenvalue weighted by molar-refractivity contribution is 5.94. The number of carbonyl (C=O) groups excluding carboxylic acids is 1. The smallest absolute Gasteiger partial charge is 0.252 e. The molecule has 0 bridgehead atoms. The van der Waals surface area contributed by atoms with Crippen LogP contribution in [0.25, 0.3) is 0 Å². The average molecular weight is 367 g/mol. The number of carbonyl (C=O) groups is 1. The molecule has 6 nitrogen and oxygen atoms in total. The minimum atomic E-state index is -0.122. The van der Waals surface area contributed by atoms with E-state index in [1.165, 1.54) is 11.6 Å². The Hall–Kier alpha value is -2.44. The van der Waals surface area contributed by atoms with E-state index >= 15 is 0 Å². The summed E-state index contributed by atoms with van der Waals surface area (Å²) in [5, 5.41) is 6.34. The number of morpholine rings is 1. The van der Waals surface area contributed by atoms with Gasteiger partial charge in [-0.25, -0.2) is 0 Å². The van der Waals surface area contributed by atoms with Crippen molar-refractivity contribution in [3.05, 3.63) is 70.1 Å². The normalized spacial score (nSPS) is 24.8. The van der Waals surface area contributed by atoms with Gasteiger partial charge >= 0.3 is 0 Å². The maximum absolute atomic E-state index is 12.6. The van der Waals surface area contributed by atoms with Gasteiger partial charge in [-0.2, -0.15) is 0 Å². The summed E-state index contributed by atoms with van der Waals surface area (Å²) in [5.74, 6) is 0.393. The number of rotatable bonds is 5. The standard InChI is InChI=1S/C21H25N3O3/c25-20-7-6-16(13-24(20)14-19-12-22-8-9-27-19)21(26)23-18-10-17(11-18)15-4-2-1-3-5-15/h1-7,13,17-19,22H,8-12,14H2,(H,23,26)/t17?,18?,19-/m1/s1. The van der Waals surface area contributed by atoms with E-state index in [9.17, 15) is 9.59 Å². The predicted octanol–water partition coefficient (Wildman–Crippen LogP) is 1.51. The van der Waals surface area contributed by atoms with E-state index in [1.54, 1.807) is 16.8 Å². The first kappa shape index (κ1) is 17.9. The van der Waals surface area contributed by atoms with Crippen molar-refractivity contribution in [1.82, 2.24) is 15.2 Å². The van der Waals surface area contributed by atoms with E-state index in [0.29, 0.717) is 31.2 Å². The largest absolute Gasteiger partial charge is 0.374 e. The molecule has 1 saturated heterocycles. The lowest BCUT2D eigenvalue weighted by atomic mass is 9.76. The monoisotopic (exact) mass is 367 g/mol. The van der Waals surface area contributed by atoms with Gasteiger partial charge in [0, 0.05) is 31.4 Å². The molecule has 2 aromatic rings. The maximum atomic E-state index is 12.6. The molecule has 1 atom stereocenters. The van der Waals surface area contributed by atoms with Crippen molar-refractivity contribution in [2.24, 2.45) is 0 Å². The van der Waals surface area contributed by atoms with Crippen LogP contribution < -0.4 is 16.2 Å². The molecule has 2 aliphatic rings. The first-order valence-electron chi connectivity index (χ1n) is 9.57. The minimum absolute atomic E-state index is 0.0481. The molecule has 2 N–H and O–H groups in total. The highest BCUT2D eigenvalue weighted by Gasteiger charge is 2.31. The molecule has 1 aromatic carbocycles. The van der Waals surface area contributed by atoms with Crippen LogP contribution in [-0.2, 0) is 11.3 Å². The van der Waals surface area contributed by atoms with Crippen molar-refractivity contribution in [3.63, 3.8) is 0 Å². The van der Waals surface area contributed by atoms with E-state index in [1.807, 2.05) is 6.07 Å². The fourth-order valence-corrected chi connectivity index (χ4v) is 3.77. The Morgan fingerprint density at radius 3 is 2.74 bits per heavy atom. The molecular formula is C21H25N3O3. The number of nitrogens with one attached hydrogen (secondary N) is 2. The average Bonchev–Trinajstić information content (AvgIpc) is 2.67. The van der Waals surface area contributed by atoms with Crippen LogP contribution in [0.4, 0.5) is 0 Å². The summed E-state index contributed by atoms with van der Waals surface area (Å²) >= 11 is 0. The third-order valence-electron chi connectivity index (χ3n) is 5.39. The molecule has 1 amide bonds. The van der Waals surface area contributed by atoms with Crippen LogP contribution in [0.3, 0.4) is 0 Å². The second-order valence-corrected chi connectivity index (χ2v) is 7.35. The lowest BCUT2D eigenvalue weighted by molar-refractivity contribution is 0.0176. The van der Waals surface area contributed by atoms with Gasteiger partial charge in [-0.05, 0) is 30.4 Å². The minimum Gasteiger partial charge on any atom is -0.374 e. The molecule has 1 saturated carbocycles. The quantitative estimate of drug-likeness (QED) is 0.840. The number of hydrogen-bond donors (Lipinski definition) is 2. The number of benzene rings is 1. The summed E-state index contributed by atoms with van der Waals surface area (Å²) in [5.41, 5.74) is 1.73. The SMILES string of the molecule is O=C(NC1CC(c2ccccc2)C1)c1ccc(=O)n(C[C@H]2CNCCO2)c1. The van der Waals surface area contributed by atoms with E-state index in [0.717, 1.165) is 19.4 Å². The van der Waals surface area contributed by atoms with Gasteiger partial charge in [-0.15, -0.1) is 0 Å². The van der Waals surface area contributed by atoms with E-state index < -0.39 is 0 Å². The lowest BCUT2D eigenvalue weighted by Gasteiger charge is -2.36. The van der Waals surface area contributed by atoms with Crippen LogP contribution in [-0.4, -0.2) is 42.3 Å². The van der Waals surface area contributed by atoms with Crippen molar-refractivity contribution in [1.29, 1.82) is 0 Å². The Bertz CT molecular complexity index is 837. The van der Waals surface area contributed by atoms with Gasteiger partial charge in [0.2, 0.25) is 0 Å². The van der Waals surface area contributed by atoms with Crippen molar-refractivity contribution >= 4 is 5.91 Å². The van der Waals surface area contributed by atoms with Crippen molar-refractivity contribution in [2.75, 3.05) is 19.7 Å². The first-order valence-corrected chi connectivity index (χ1v) is 9.57. The number of hydrogen-bond acceptors (Lipinski definition) is 4. The number of aromatic nitrogens is 1. The highest BCUT2D eigenvalue weighted by atomic mass is 16.5. The van der Waals surface area contributed by atoms with Gasteiger partial charge in [-0.1, -0.05) is 30.3 Å². The van der Waals surface area contributed by atoms with Gasteiger partial charge in [0.05, 0.1) is 24.8 Å². The Morgan fingerprint density at radius 2 is 2.00 bits per heavy atom. The Labute approximate surface area is 158 Å². The highest BCUT2D eigenvalue weighted by Crippen LogP contribution is 2.36. The summed E-state index contributed by atoms with van der Waals surface area (Å²) in [6, 6.07) is 13.6. The molecule has 6 heteroatoms. The molecule has 4 rings (SSSR count). The fraction of sp³-hybridized carbons (Fsp3) is 0.429. The molecule has 1 aromatic heterocycles. The van der Waals surface area contributed by atoms with Gasteiger partial charge in [-0.3, -0.25) is 9.59 Å². The summed E-state index contributed by atoms with van der Waals surface area (Å²) < 4.78 is 7.23. The molecule has 27 heavy (non-hydrogen) atoms. The molecule has 142 valence electrons. The van der Waals surface area contributed by atoms with Crippen LogP contribution in [0.2, 0.25) is 0 Å². The van der Waals surface area contributed by atoms with Crippen molar-refractivity contribution in [2.45, 2.75) is 37.5 Å². The Balaban J connectivity index is 1.35. The van der Waals surface area contributed by atoms with Crippen LogP contribution in [0.5, 0.6) is 0 Å². The van der Waals surface area contributed by atoms with Crippen LogP contribution in [0.15, 0.2) is 53.5 Å². The van der Waals surface area contributed by atoms with Crippen LogP contribution in [0, 0.1) is 0 Å². The third-order valence-corrected chi connectivity index (χ3v) is 5.39. The second-order valence-electron chi connectivity index (χ2n) is 7.35. The first-order chi connectivity index (χ1) is 13.2. The third kappa shape index (κ3) is 4.28. The van der Waals surface area contributed by atoms with Crippen molar-refractivity contribution in [3.8, 4) is 0 Å². The lowest BCUT2D eigenvalue weighted by Crippen LogP contribution is -2.44. The van der Waals surface area contributed by atoms with Gasteiger partial charge in [0.25, 0.3) is 11.5 Å². The summed E-state index contributed by atoms with van der Waals surface area (Å²) in [6.07, 6.45) is 3.50. The van der Waals surface area contributed by atoms with E-state index in [-0.39, 0.29) is 23.6 Å². The molecule has 2 heterocycles. The van der Waals surface area contributed by atoms with Crippen LogP contribution >= 0.6 is 0 Å². The zero-order valence-electron chi connectivity index (χ0n) is 15.3. The van der Waals surface area contributed by atoms with Crippen LogP contribution in [0.1, 0.15) is 34.7 Å². The molecule has 0 unspecified atom stereocenters. The zero-order valence-corrected chi connectivity index (χ0v) is 15.3. The zero-order chi connectivity index (χ0) is 18.6. The number of pyridine rings is 1. The van der Waals surface area contributed by atoms with E-state index in [4.69, 9.17) is 4.74 Å². The molecule has 0 spiro atoms. The molecule has 1 aliphatic carbocycles. The Kier molecular flexibility index (Phi) is 5.36. The summed E-state index contributed by atoms with van der Waals surface area (Å²) in [7, 11) is 0. The molecule has 2 fully saturated rings. The van der Waals surface area contributed by atoms with Gasteiger partial charge in [0.15, 0.2) is 0 Å². The topological polar surface area (TPSA) is 72.4 Å². The molecule has 0 radical (unpaired) electrons. The summed E-state index contributed by atoms with van der Waals surface area (Å²) in [6.45, 7) is 2.64. The molecular weight excluding hydrogens is 342 g/mol. The fourth-order valence-electron chi connectivity index (χ4n) is 3.77. The second kappa shape index (κ2) is 8.06. The Morgan fingerprint density at radius 1 is 1.19 bits per heavy atom. The van der Waals surface area contributed by atoms with E-state index in [2.05, 4.69) is 34.9 Å². The number of amides is 1. The summed E-state index contributed by atoms with van der Waals surface area (Å²) in [4.78, 5) is 24.7.